The third-order valence-corrected chi connectivity index (χ3v) is 5.51. The van der Waals surface area contributed by atoms with Crippen LogP contribution in [0.25, 0.3) is 6.08 Å². The summed E-state index contributed by atoms with van der Waals surface area (Å²) in [6, 6.07) is 13.4. The lowest BCUT2D eigenvalue weighted by molar-refractivity contribution is -0.113. The Morgan fingerprint density at radius 1 is 1.26 bits per heavy atom. The highest BCUT2D eigenvalue weighted by molar-refractivity contribution is 8.27. The van der Waals surface area contributed by atoms with E-state index in [4.69, 9.17) is 16.6 Å². The average Bonchev–Trinajstić information content (AvgIpc) is 2.98. The molecule has 1 saturated heterocycles. The largest absolute Gasteiger partial charge is 0.461 e. The molecule has 116 valence electrons. The molecule has 23 heavy (non-hydrogen) atoms. The molecule has 2 heterocycles. The van der Waals surface area contributed by atoms with E-state index in [1.54, 1.807) is 11.0 Å². The SMILES string of the molecule is C[C@H]1C[C@@H]1c1ccc(/C=C2\SC(=S)N(c3ccccc3)C2=O)o1. The fraction of sp³-hybridized carbons (Fsp3) is 0.222. The fourth-order valence-corrected chi connectivity index (χ4v) is 4.04. The monoisotopic (exact) mass is 341 g/mol. The maximum absolute atomic E-state index is 12.6. The van der Waals surface area contributed by atoms with Crippen molar-refractivity contribution in [1.82, 2.24) is 0 Å². The van der Waals surface area contributed by atoms with Crippen LogP contribution in [0, 0.1) is 5.92 Å². The van der Waals surface area contributed by atoms with Crippen LogP contribution in [0.5, 0.6) is 0 Å². The maximum atomic E-state index is 12.6. The summed E-state index contributed by atoms with van der Waals surface area (Å²) in [7, 11) is 0. The van der Waals surface area contributed by atoms with Gasteiger partial charge in [-0.25, -0.2) is 0 Å². The zero-order valence-corrected chi connectivity index (χ0v) is 14.2. The first-order chi connectivity index (χ1) is 11.1. The van der Waals surface area contributed by atoms with E-state index in [-0.39, 0.29) is 5.91 Å². The molecule has 1 amide bonds. The minimum Gasteiger partial charge on any atom is -0.461 e. The molecular weight excluding hydrogens is 326 g/mol. The Kier molecular flexibility index (Phi) is 3.62. The zero-order valence-electron chi connectivity index (χ0n) is 12.6. The maximum Gasteiger partial charge on any atom is 0.270 e. The van der Waals surface area contributed by atoms with E-state index >= 15 is 0 Å². The predicted molar refractivity (Wildman–Crippen MR) is 97.3 cm³/mol. The van der Waals surface area contributed by atoms with Crippen molar-refractivity contribution in [3.05, 3.63) is 58.9 Å². The molecule has 2 aliphatic rings. The number of amides is 1. The van der Waals surface area contributed by atoms with E-state index in [1.807, 2.05) is 42.5 Å². The Labute approximate surface area is 144 Å². The van der Waals surface area contributed by atoms with Gasteiger partial charge in [-0.15, -0.1) is 0 Å². The number of hydrogen-bond donors (Lipinski definition) is 0. The number of thiocarbonyl (C=S) groups is 1. The number of rotatable bonds is 3. The first-order valence-electron chi connectivity index (χ1n) is 7.56. The lowest BCUT2D eigenvalue weighted by Crippen LogP contribution is -2.27. The van der Waals surface area contributed by atoms with Gasteiger partial charge >= 0.3 is 0 Å². The van der Waals surface area contributed by atoms with Gasteiger partial charge in [-0.05, 0) is 36.6 Å². The van der Waals surface area contributed by atoms with Crippen LogP contribution in [0.3, 0.4) is 0 Å². The molecule has 0 bridgehead atoms. The van der Waals surface area contributed by atoms with E-state index in [0.29, 0.717) is 26.8 Å². The summed E-state index contributed by atoms with van der Waals surface area (Å²) in [6.07, 6.45) is 2.97. The van der Waals surface area contributed by atoms with Gasteiger partial charge in [0.25, 0.3) is 5.91 Å². The van der Waals surface area contributed by atoms with Crippen molar-refractivity contribution in [2.24, 2.45) is 5.92 Å². The van der Waals surface area contributed by atoms with Crippen LogP contribution >= 0.6 is 24.0 Å². The van der Waals surface area contributed by atoms with Gasteiger partial charge < -0.3 is 4.42 Å². The van der Waals surface area contributed by atoms with Crippen LogP contribution in [0.4, 0.5) is 5.69 Å². The third kappa shape index (κ3) is 2.75. The van der Waals surface area contributed by atoms with E-state index in [9.17, 15) is 4.79 Å². The Morgan fingerprint density at radius 2 is 2.00 bits per heavy atom. The molecular formula is C18H15NO2S2. The van der Waals surface area contributed by atoms with Crippen LogP contribution in [-0.4, -0.2) is 10.2 Å². The number of carbonyl (C=O) groups excluding carboxylic acids is 1. The van der Waals surface area contributed by atoms with Gasteiger partial charge in [-0.3, -0.25) is 9.69 Å². The van der Waals surface area contributed by atoms with Crippen molar-refractivity contribution in [3.8, 4) is 0 Å². The Balaban J connectivity index is 1.59. The van der Waals surface area contributed by atoms with Crippen LogP contribution in [-0.2, 0) is 4.79 Å². The number of carbonyl (C=O) groups is 1. The molecule has 0 unspecified atom stereocenters. The number of thioether (sulfide) groups is 1. The van der Waals surface area contributed by atoms with E-state index < -0.39 is 0 Å². The summed E-state index contributed by atoms with van der Waals surface area (Å²) in [5, 5.41) is 0. The molecule has 2 atom stereocenters. The number of anilines is 1. The first-order valence-corrected chi connectivity index (χ1v) is 8.78. The van der Waals surface area contributed by atoms with Crippen molar-refractivity contribution >= 4 is 46.0 Å². The van der Waals surface area contributed by atoms with E-state index in [0.717, 1.165) is 11.4 Å². The molecule has 0 radical (unpaired) electrons. The third-order valence-electron chi connectivity index (χ3n) is 4.20. The second kappa shape index (κ2) is 5.65. The van der Waals surface area contributed by atoms with Crippen molar-refractivity contribution < 1.29 is 9.21 Å². The van der Waals surface area contributed by atoms with E-state index in [1.165, 1.54) is 18.2 Å². The minimum absolute atomic E-state index is 0.0936. The van der Waals surface area contributed by atoms with Crippen molar-refractivity contribution in [2.45, 2.75) is 19.3 Å². The predicted octanol–water partition coefficient (Wildman–Crippen LogP) is 4.81. The summed E-state index contributed by atoms with van der Waals surface area (Å²) in [5.41, 5.74) is 0.797. The summed E-state index contributed by atoms with van der Waals surface area (Å²) in [5.74, 6) is 2.88. The van der Waals surface area contributed by atoms with Gasteiger partial charge in [0.1, 0.15) is 11.5 Å². The van der Waals surface area contributed by atoms with Crippen LogP contribution < -0.4 is 4.90 Å². The number of benzene rings is 1. The van der Waals surface area contributed by atoms with Gasteiger partial charge in [-0.1, -0.05) is 49.1 Å². The highest BCUT2D eigenvalue weighted by Crippen LogP contribution is 2.47. The van der Waals surface area contributed by atoms with E-state index in [2.05, 4.69) is 6.92 Å². The number of nitrogens with zero attached hydrogens (tertiary/aromatic N) is 1. The highest BCUT2D eigenvalue weighted by Gasteiger charge is 2.37. The van der Waals surface area contributed by atoms with Gasteiger partial charge in [0.05, 0.1) is 10.6 Å². The summed E-state index contributed by atoms with van der Waals surface area (Å²) >= 11 is 6.68. The quantitative estimate of drug-likeness (QED) is 0.593. The molecule has 0 N–H and O–H groups in total. The summed E-state index contributed by atoms with van der Waals surface area (Å²) < 4.78 is 6.41. The highest BCUT2D eigenvalue weighted by atomic mass is 32.2. The molecule has 1 aliphatic carbocycles. The van der Waals surface area contributed by atoms with Crippen LogP contribution in [0.2, 0.25) is 0 Å². The zero-order chi connectivity index (χ0) is 16.0. The molecule has 1 saturated carbocycles. The van der Waals surface area contributed by atoms with Crippen molar-refractivity contribution in [3.63, 3.8) is 0 Å². The summed E-state index contributed by atoms with van der Waals surface area (Å²) in [4.78, 5) is 14.8. The Morgan fingerprint density at radius 3 is 2.70 bits per heavy atom. The summed E-state index contributed by atoms with van der Waals surface area (Å²) in [6.45, 7) is 2.22. The molecule has 5 heteroatoms. The Bertz CT molecular complexity index is 809. The second-order valence-electron chi connectivity index (χ2n) is 5.91. The molecule has 2 aromatic rings. The molecule has 0 spiro atoms. The first kappa shape index (κ1) is 14.7. The lowest BCUT2D eigenvalue weighted by Gasteiger charge is -2.13. The topological polar surface area (TPSA) is 33.5 Å². The smallest absolute Gasteiger partial charge is 0.270 e. The van der Waals surface area contributed by atoms with Crippen molar-refractivity contribution in [2.75, 3.05) is 4.90 Å². The average molecular weight is 341 g/mol. The van der Waals surface area contributed by atoms with Crippen LogP contribution in [0.15, 0.2) is 51.8 Å². The van der Waals surface area contributed by atoms with Crippen molar-refractivity contribution in [1.29, 1.82) is 0 Å². The Hall–Kier alpha value is -1.85. The fourth-order valence-electron chi connectivity index (χ4n) is 2.76. The lowest BCUT2D eigenvalue weighted by atomic mass is 10.2. The second-order valence-corrected chi connectivity index (χ2v) is 7.59. The normalized spacial score (nSPS) is 25.4. The number of hydrogen-bond acceptors (Lipinski definition) is 4. The molecule has 2 fully saturated rings. The number of para-hydroxylation sites is 1. The molecule has 1 aromatic heterocycles. The van der Waals surface area contributed by atoms with Gasteiger partial charge in [0.2, 0.25) is 0 Å². The molecule has 1 aromatic carbocycles. The molecule has 3 nitrogen and oxygen atoms in total. The van der Waals surface area contributed by atoms with Gasteiger partial charge in [0, 0.05) is 12.0 Å². The van der Waals surface area contributed by atoms with Gasteiger partial charge in [-0.2, -0.15) is 0 Å². The number of furan rings is 1. The van der Waals surface area contributed by atoms with Gasteiger partial charge in [0.15, 0.2) is 4.32 Å². The molecule has 4 rings (SSSR count). The van der Waals surface area contributed by atoms with Crippen LogP contribution in [0.1, 0.15) is 30.8 Å². The molecule has 1 aliphatic heterocycles. The standard InChI is InChI=1S/C18H15NO2S2/c1-11-9-14(11)15-8-7-13(21-15)10-16-17(20)19(18(22)23-16)12-5-3-2-4-6-12/h2-8,10-11,14H,9H2,1H3/b16-10-/t11-,14-/m0/s1. The minimum atomic E-state index is -0.0936.